The van der Waals surface area contributed by atoms with Crippen LogP contribution in [0, 0.1) is 18.8 Å². The monoisotopic (exact) mass is 285 g/mol. The topological polar surface area (TPSA) is 25.2 Å². The van der Waals surface area contributed by atoms with E-state index < -0.39 is 0 Å². The van der Waals surface area contributed by atoms with Crippen LogP contribution in [-0.2, 0) is 0 Å². The first-order valence-electron chi connectivity index (χ1n) is 8.36. The molecule has 0 spiro atoms. The molecule has 1 saturated carbocycles. The summed E-state index contributed by atoms with van der Waals surface area (Å²) in [7, 11) is 0. The van der Waals surface area contributed by atoms with E-state index in [4.69, 9.17) is 4.42 Å². The maximum atomic E-state index is 6.06. The van der Waals surface area contributed by atoms with Gasteiger partial charge in [-0.3, -0.25) is 0 Å². The standard InChI is InChI=1S/C19H27NO/c1-13-7-6-8-16(11-13)12-20-15(3)19-14(2)17-9-4-5-10-18(17)21-19/h4-5,9-10,13,15-16,20H,6-8,11-12H2,1-3H3. The van der Waals surface area contributed by atoms with Crippen molar-refractivity contribution in [2.45, 2.75) is 52.5 Å². The molecule has 1 heterocycles. The van der Waals surface area contributed by atoms with Crippen molar-refractivity contribution >= 4 is 11.0 Å². The second-order valence-electron chi connectivity index (χ2n) is 6.86. The number of nitrogens with one attached hydrogen (secondary N) is 1. The normalized spacial score (nSPS) is 24.3. The fourth-order valence-electron chi connectivity index (χ4n) is 3.79. The molecule has 0 radical (unpaired) electrons. The Balaban J connectivity index is 1.66. The molecular weight excluding hydrogens is 258 g/mol. The molecule has 1 fully saturated rings. The molecular formula is C19H27NO. The Kier molecular flexibility index (Phi) is 4.34. The third-order valence-electron chi connectivity index (χ3n) is 5.03. The Labute approximate surface area is 127 Å². The molecule has 1 aliphatic rings. The van der Waals surface area contributed by atoms with Crippen LogP contribution >= 0.6 is 0 Å². The van der Waals surface area contributed by atoms with Gasteiger partial charge < -0.3 is 9.73 Å². The molecule has 1 aliphatic carbocycles. The van der Waals surface area contributed by atoms with E-state index in [0.29, 0.717) is 0 Å². The van der Waals surface area contributed by atoms with E-state index >= 15 is 0 Å². The Hall–Kier alpha value is -1.28. The van der Waals surface area contributed by atoms with Gasteiger partial charge in [-0.1, -0.05) is 38.0 Å². The number of aryl methyl sites for hydroxylation is 1. The minimum absolute atomic E-state index is 0.287. The number of rotatable bonds is 4. The van der Waals surface area contributed by atoms with Gasteiger partial charge in [0.2, 0.25) is 0 Å². The highest BCUT2D eigenvalue weighted by Crippen LogP contribution is 2.31. The molecule has 1 N–H and O–H groups in total. The summed E-state index contributed by atoms with van der Waals surface area (Å²) in [5, 5.41) is 4.94. The van der Waals surface area contributed by atoms with Crippen LogP contribution in [0.15, 0.2) is 28.7 Å². The van der Waals surface area contributed by atoms with Crippen LogP contribution in [-0.4, -0.2) is 6.54 Å². The maximum Gasteiger partial charge on any atom is 0.134 e. The lowest BCUT2D eigenvalue weighted by Crippen LogP contribution is -2.28. The molecule has 3 rings (SSSR count). The van der Waals surface area contributed by atoms with Crippen molar-refractivity contribution in [2.24, 2.45) is 11.8 Å². The zero-order valence-corrected chi connectivity index (χ0v) is 13.5. The Morgan fingerprint density at radius 3 is 2.86 bits per heavy atom. The molecule has 21 heavy (non-hydrogen) atoms. The number of hydrogen-bond donors (Lipinski definition) is 1. The van der Waals surface area contributed by atoms with Crippen LogP contribution in [0.25, 0.3) is 11.0 Å². The van der Waals surface area contributed by atoms with Crippen LogP contribution in [0.4, 0.5) is 0 Å². The Morgan fingerprint density at radius 1 is 1.29 bits per heavy atom. The fraction of sp³-hybridized carbons (Fsp3) is 0.579. The van der Waals surface area contributed by atoms with E-state index in [1.807, 2.05) is 6.07 Å². The number of benzene rings is 1. The SMILES string of the molecule is Cc1c(C(C)NCC2CCCC(C)C2)oc2ccccc12. The Morgan fingerprint density at radius 2 is 2.10 bits per heavy atom. The van der Waals surface area contributed by atoms with Crippen molar-refractivity contribution in [3.63, 3.8) is 0 Å². The van der Waals surface area contributed by atoms with Crippen LogP contribution in [0.5, 0.6) is 0 Å². The molecule has 2 heteroatoms. The van der Waals surface area contributed by atoms with Gasteiger partial charge in [-0.05, 0) is 56.7 Å². The van der Waals surface area contributed by atoms with Gasteiger partial charge in [-0.15, -0.1) is 0 Å². The van der Waals surface area contributed by atoms with Crippen molar-refractivity contribution in [1.29, 1.82) is 0 Å². The first-order valence-corrected chi connectivity index (χ1v) is 8.36. The van der Waals surface area contributed by atoms with Gasteiger partial charge in [0.1, 0.15) is 11.3 Å². The molecule has 2 nitrogen and oxygen atoms in total. The zero-order valence-electron chi connectivity index (χ0n) is 13.5. The second-order valence-corrected chi connectivity index (χ2v) is 6.86. The van der Waals surface area contributed by atoms with Gasteiger partial charge in [0.05, 0.1) is 6.04 Å². The number of furan rings is 1. The van der Waals surface area contributed by atoms with Gasteiger partial charge in [-0.25, -0.2) is 0 Å². The molecule has 3 unspecified atom stereocenters. The van der Waals surface area contributed by atoms with E-state index in [0.717, 1.165) is 29.7 Å². The predicted octanol–water partition coefficient (Wildman–Crippen LogP) is 5.22. The minimum Gasteiger partial charge on any atom is -0.459 e. The third-order valence-corrected chi connectivity index (χ3v) is 5.03. The highest BCUT2D eigenvalue weighted by atomic mass is 16.3. The molecule has 0 saturated heterocycles. The first kappa shape index (κ1) is 14.6. The molecule has 1 aromatic carbocycles. The van der Waals surface area contributed by atoms with Crippen molar-refractivity contribution in [1.82, 2.24) is 5.32 Å². The summed E-state index contributed by atoms with van der Waals surface area (Å²) in [5.74, 6) is 2.83. The summed E-state index contributed by atoms with van der Waals surface area (Å²) >= 11 is 0. The van der Waals surface area contributed by atoms with E-state index in [9.17, 15) is 0 Å². The van der Waals surface area contributed by atoms with E-state index in [2.05, 4.69) is 44.3 Å². The van der Waals surface area contributed by atoms with E-state index in [-0.39, 0.29) is 6.04 Å². The molecule has 1 aromatic heterocycles. The number of para-hydroxylation sites is 1. The van der Waals surface area contributed by atoms with Crippen LogP contribution in [0.3, 0.4) is 0 Å². The second kappa shape index (κ2) is 6.23. The summed E-state index contributed by atoms with van der Waals surface area (Å²) in [6, 6.07) is 8.61. The van der Waals surface area contributed by atoms with Crippen LogP contribution < -0.4 is 5.32 Å². The highest BCUT2D eigenvalue weighted by molar-refractivity contribution is 5.82. The van der Waals surface area contributed by atoms with Gasteiger partial charge in [0.15, 0.2) is 0 Å². The quantitative estimate of drug-likeness (QED) is 0.833. The van der Waals surface area contributed by atoms with Gasteiger partial charge in [0, 0.05) is 5.39 Å². The number of hydrogen-bond acceptors (Lipinski definition) is 2. The van der Waals surface area contributed by atoms with E-state index in [1.54, 1.807) is 0 Å². The van der Waals surface area contributed by atoms with Crippen molar-refractivity contribution in [2.75, 3.05) is 6.54 Å². The summed E-state index contributed by atoms with van der Waals surface area (Å²) in [6.07, 6.45) is 5.56. The summed E-state index contributed by atoms with van der Waals surface area (Å²) in [5.41, 5.74) is 2.28. The van der Waals surface area contributed by atoms with Crippen LogP contribution in [0.2, 0.25) is 0 Å². The molecule has 0 aliphatic heterocycles. The summed E-state index contributed by atoms with van der Waals surface area (Å²) < 4.78 is 6.06. The lowest BCUT2D eigenvalue weighted by molar-refractivity contribution is 0.265. The average molecular weight is 285 g/mol. The van der Waals surface area contributed by atoms with Crippen molar-refractivity contribution < 1.29 is 4.42 Å². The molecule has 3 atom stereocenters. The van der Waals surface area contributed by atoms with Crippen LogP contribution in [0.1, 0.15) is 56.9 Å². The highest BCUT2D eigenvalue weighted by Gasteiger charge is 2.21. The fourth-order valence-corrected chi connectivity index (χ4v) is 3.79. The predicted molar refractivity (Wildman–Crippen MR) is 88.5 cm³/mol. The molecule has 114 valence electrons. The first-order chi connectivity index (χ1) is 10.1. The lowest BCUT2D eigenvalue weighted by Gasteiger charge is -2.28. The maximum absolute atomic E-state index is 6.06. The lowest BCUT2D eigenvalue weighted by atomic mass is 9.82. The van der Waals surface area contributed by atoms with Crippen molar-refractivity contribution in [3.05, 3.63) is 35.6 Å². The van der Waals surface area contributed by atoms with Gasteiger partial charge in [-0.2, -0.15) is 0 Å². The van der Waals surface area contributed by atoms with Gasteiger partial charge >= 0.3 is 0 Å². The average Bonchev–Trinajstić information content (AvgIpc) is 2.83. The molecule has 0 amide bonds. The molecule has 2 aromatic rings. The Bertz CT molecular complexity index is 601. The smallest absolute Gasteiger partial charge is 0.134 e. The van der Waals surface area contributed by atoms with Crippen molar-refractivity contribution in [3.8, 4) is 0 Å². The zero-order chi connectivity index (χ0) is 14.8. The number of fused-ring (bicyclic) bond motifs is 1. The summed E-state index contributed by atoms with van der Waals surface area (Å²) in [4.78, 5) is 0. The van der Waals surface area contributed by atoms with Gasteiger partial charge in [0.25, 0.3) is 0 Å². The minimum atomic E-state index is 0.287. The third kappa shape index (κ3) is 3.16. The molecule has 0 bridgehead atoms. The summed E-state index contributed by atoms with van der Waals surface area (Å²) in [6.45, 7) is 7.89. The van der Waals surface area contributed by atoms with E-state index in [1.165, 1.54) is 36.6 Å². The largest absolute Gasteiger partial charge is 0.459 e.